The van der Waals surface area contributed by atoms with Gasteiger partial charge in [-0.2, -0.15) is 0 Å². The number of ether oxygens (including phenoxy) is 2. The first-order chi connectivity index (χ1) is 20.2. The Kier molecular flexibility index (Phi) is 13.9. The fourth-order valence-electron chi connectivity index (χ4n) is 7.83. The summed E-state index contributed by atoms with van der Waals surface area (Å²) in [6.07, 6.45) is 15.0. The van der Waals surface area contributed by atoms with Crippen LogP contribution in [0.1, 0.15) is 112 Å². The minimum Gasteiger partial charge on any atom is -0.460 e. The first-order valence-electron chi connectivity index (χ1n) is 17.7. The minimum atomic E-state index is -0.392. The molecule has 4 rings (SSSR count). The zero-order valence-electron chi connectivity index (χ0n) is 27.7. The molecule has 1 saturated heterocycles. The van der Waals surface area contributed by atoms with Crippen molar-refractivity contribution in [3.8, 4) is 0 Å². The molecule has 2 atom stereocenters. The Labute approximate surface area is 257 Å². The molecule has 1 aliphatic heterocycles. The van der Waals surface area contributed by atoms with Gasteiger partial charge in [0.1, 0.15) is 11.9 Å². The normalized spacial score (nSPS) is 34.8. The number of hydrogen-bond donors (Lipinski definition) is 4. The van der Waals surface area contributed by atoms with E-state index in [4.69, 9.17) is 9.47 Å². The number of nitrogens with one attached hydrogen (secondary N) is 4. The molecule has 4 fully saturated rings. The highest BCUT2D eigenvalue weighted by molar-refractivity contribution is 5.73. The summed E-state index contributed by atoms with van der Waals surface area (Å²) in [6, 6.07) is 1.05. The second-order valence-electron chi connectivity index (χ2n) is 14.8. The molecule has 4 N–H and O–H groups in total. The summed E-state index contributed by atoms with van der Waals surface area (Å²) in [7, 11) is 0. The second-order valence-corrected chi connectivity index (χ2v) is 14.8. The van der Waals surface area contributed by atoms with Crippen LogP contribution in [-0.4, -0.2) is 86.8 Å². The Morgan fingerprint density at radius 3 is 2.19 bits per heavy atom. The molecule has 3 saturated carbocycles. The van der Waals surface area contributed by atoms with E-state index >= 15 is 0 Å². The summed E-state index contributed by atoms with van der Waals surface area (Å²) < 4.78 is 11.9. The summed E-state index contributed by atoms with van der Waals surface area (Å²) in [5.41, 5.74) is -0.392. The summed E-state index contributed by atoms with van der Waals surface area (Å²) in [5.74, 6) is 2.41. The Hall–Kier alpha value is -0.770. The molecule has 0 aromatic carbocycles. The predicted octanol–water partition coefficient (Wildman–Crippen LogP) is 4.63. The van der Waals surface area contributed by atoms with Crippen LogP contribution in [0.2, 0.25) is 0 Å². The molecule has 0 spiro atoms. The maximum absolute atomic E-state index is 12.6. The molecule has 0 radical (unpaired) electrons. The summed E-state index contributed by atoms with van der Waals surface area (Å²) in [5, 5.41) is 15.3. The number of nitrogens with zero attached hydrogens (tertiary/aromatic N) is 1. The van der Waals surface area contributed by atoms with Crippen molar-refractivity contribution in [3.63, 3.8) is 0 Å². The lowest BCUT2D eigenvalue weighted by Crippen LogP contribution is -2.63. The van der Waals surface area contributed by atoms with Gasteiger partial charge in [-0.3, -0.25) is 20.7 Å². The van der Waals surface area contributed by atoms with E-state index < -0.39 is 5.60 Å². The van der Waals surface area contributed by atoms with E-state index in [1.807, 2.05) is 20.8 Å². The number of esters is 1. The van der Waals surface area contributed by atoms with Gasteiger partial charge in [0.2, 0.25) is 0 Å². The number of hydrogen-bond acceptors (Lipinski definition) is 8. The van der Waals surface area contributed by atoms with Crippen LogP contribution in [0.4, 0.5) is 0 Å². The summed E-state index contributed by atoms with van der Waals surface area (Å²) in [6.45, 7) is 17.8. The minimum absolute atomic E-state index is 0.000472. The molecular formula is C34H65N5O3. The molecule has 2 unspecified atom stereocenters. The van der Waals surface area contributed by atoms with E-state index in [2.05, 4.69) is 40.0 Å². The smallest absolute Gasteiger partial charge is 0.309 e. The van der Waals surface area contributed by atoms with Gasteiger partial charge < -0.3 is 19.7 Å². The topological polar surface area (TPSA) is 86.9 Å². The predicted molar refractivity (Wildman–Crippen MR) is 171 cm³/mol. The number of rotatable bonds is 13. The van der Waals surface area contributed by atoms with Crippen LogP contribution in [0.5, 0.6) is 0 Å². The maximum atomic E-state index is 12.6. The number of carbonyl (C=O) groups is 1. The van der Waals surface area contributed by atoms with Crippen LogP contribution in [0.3, 0.4) is 0 Å². The molecule has 8 heteroatoms. The van der Waals surface area contributed by atoms with Crippen molar-refractivity contribution in [1.29, 1.82) is 0 Å². The lowest BCUT2D eigenvalue weighted by molar-refractivity contribution is -0.161. The highest BCUT2D eigenvalue weighted by atomic mass is 16.6. The monoisotopic (exact) mass is 592 g/mol. The fourth-order valence-corrected chi connectivity index (χ4v) is 7.83. The molecule has 0 aromatic heterocycles. The Morgan fingerprint density at radius 2 is 1.55 bits per heavy atom. The van der Waals surface area contributed by atoms with Gasteiger partial charge in [-0.25, -0.2) is 0 Å². The molecule has 42 heavy (non-hydrogen) atoms. The molecule has 0 amide bonds. The molecule has 4 aliphatic rings. The third kappa shape index (κ3) is 11.3. The van der Waals surface area contributed by atoms with Crippen LogP contribution < -0.4 is 21.3 Å². The molecule has 244 valence electrons. The van der Waals surface area contributed by atoms with Crippen molar-refractivity contribution in [2.75, 3.05) is 45.9 Å². The fraction of sp³-hybridized carbons (Fsp3) is 0.971. The number of likely N-dealkylation sites (N-methyl/N-ethyl adjacent to an activating group) is 1. The van der Waals surface area contributed by atoms with Crippen molar-refractivity contribution in [1.82, 2.24) is 26.2 Å². The van der Waals surface area contributed by atoms with Crippen LogP contribution in [0, 0.1) is 23.7 Å². The van der Waals surface area contributed by atoms with Crippen LogP contribution in [0.25, 0.3) is 0 Å². The lowest BCUT2D eigenvalue weighted by Gasteiger charge is -2.41. The van der Waals surface area contributed by atoms with Gasteiger partial charge in [0.15, 0.2) is 0 Å². The van der Waals surface area contributed by atoms with Crippen LogP contribution in [0.15, 0.2) is 0 Å². The van der Waals surface area contributed by atoms with Gasteiger partial charge in [0.05, 0.1) is 18.6 Å². The molecule has 0 aromatic rings. The zero-order chi connectivity index (χ0) is 30.0. The van der Waals surface area contributed by atoms with E-state index in [1.54, 1.807) is 0 Å². The zero-order valence-corrected chi connectivity index (χ0v) is 27.7. The second kappa shape index (κ2) is 17.1. The van der Waals surface area contributed by atoms with Gasteiger partial charge in [-0.15, -0.1) is 0 Å². The third-order valence-corrected chi connectivity index (χ3v) is 10.6. The number of carbonyl (C=O) groups excluding carboxylic acids is 1. The van der Waals surface area contributed by atoms with Gasteiger partial charge in [-0.05, 0) is 129 Å². The molecular weight excluding hydrogens is 526 g/mol. The maximum Gasteiger partial charge on any atom is 0.309 e. The summed E-state index contributed by atoms with van der Waals surface area (Å²) in [4.78, 5) is 15.0. The first-order valence-corrected chi connectivity index (χ1v) is 17.7. The van der Waals surface area contributed by atoms with Crippen molar-refractivity contribution in [2.24, 2.45) is 23.7 Å². The van der Waals surface area contributed by atoms with Crippen LogP contribution >= 0.6 is 0 Å². The van der Waals surface area contributed by atoms with Gasteiger partial charge in [-0.1, -0.05) is 20.3 Å². The Morgan fingerprint density at radius 1 is 0.857 bits per heavy atom. The van der Waals surface area contributed by atoms with Gasteiger partial charge >= 0.3 is 5.97 Å². The van der Waals surface area contributed by atoms with Gasteiger partial charge in [0, 0.05) is 31.7 Å². The highest BCUT2D eigenvalue weighted by Crippen LogP contribution is 2.34. The van der Waals surface area contributed by atoms with E-state index in [9.17, 15) is 4.79 Å². The van der Waals surface area contributed by atoms with Gasteiger partial charge in [0.25, 0.3) is 0 Å². The average Bonchev–Trinajstić information content (AvgIpc) is 2.99. The molecule has 8 nitrogen and oxygen atoms in total. The average molecular weight is 592 g/mol. The van der Waals surface area contributed by atoms with E-state index in [-0.39, 0.29) is 18.2 Å². The standard InChI is InChI=1S/C34H65N5O3/c1-6-39(7-2)19-20-41-31-17-15-29(16-18-31)38-33-36-23-28(24-37-33)26-13-11-25(12-14-26)22-35-30-10-8-9-27(21-30)32(40)42-34(3,4)5/h25-31,33,35-38H,6-24H2,1-5H3. The van der Waals surface area contributed by atoms with Crippen LogP contribution in [-0.2, 0) is 14.3 Å². The Balaban J connectivity index is 1.05. The largest absolute Gasteiger partial charge is 0.460 e. The Bertz CT molecular complexity index is 764. The third-order valence-electron chi connectivity index (χ3n) is 10.6. The quantitative estimate of drug-likeness (QED) is 0.231. The van der Waals surface area contributed by atoms with Crippen molar-refractivity contribution in [2.45, 2.75) is 142 Å². The van der Waals surface area contributed by atoms with Crippen molar-refractivity contribution < 1.29 is 14.3 Å². The summed E-state index contributed by atoms with van der Waals surface area (Å²) >= 11 is 0. The lowest BCUT2D eigenvalue weighted by atomic mass is 9.75. The molecule has 0 bridgehead atoms. The van der Waals surface area contributed by atoms with E-state index in [0.717, 1.165) is 82.9 Å². The SMILES string of the molecule is CCN(CC)CCOC1CCC(NC2NCC(C3CCC(CNC4CCCC(C(=O)OC(C)(C)C)C4)CC3)CN2)CC1. The first kappa shape index (κ1) is 34.1. The van der Waals surface area contributed by atoms with Crippen molar-refractivity contribution >= 4 is 5.97 Å². The molecule has 1 heterocycles. The van der Waals surface area contributed by atoms with Crippen molar-refractivity contribution in [3.05, 3.63) is 0 Å². The van der Waals surface area contributed by atoms with E-state index in [0.29, 0.717) is 18.2 Å². The van der Waals surface area contributed by atoms with E-state index in [1.165, 1.54) is 57.8 Å². The highest BCUT2D eigenvalue weighted by Gasteiger charge is 2.34. The molecule has 3 aliphatic carbocycles.